The van der Waals surface area contributed by atoms with Crippen molar-refractivity contribution in [1.29, 1.82) is 0 Å². The van der Waals surface area contributed by atoms with E-state index in [0.29, 0.717) is 23.6 Å². The molecule has 0 saturated heterocycles. The molecule has 2 aromatic rings. The molecule has 0 radical (unpaired) electrons. The molecule has 0 aliphatic rings. The molecule has 2 rings (SSSR count). The molecule has 10 heteroatoms. The second-order valence-electron chi connectivity index (χ2n) is 7.13. The molecule has 2 N–H and O–H groups in total. The Balaban J connectivity index is 2.00. The Hall–Kier alpha value is -4.08. The molecule has 0 aliphatic heterocycles. The highest BCUT2D eigenvalue weighted by Gasteiger charge is 2.20. The standard InChI is InChI=1S/C24H28N2O8/c1-5-6-11-33-23(29)16-7-9-17(10-8-16)26-22(28)14-34-24(30)18-12-20(31-3)21(32-4)13-19(18)25-15(2)27/h7-10,12-13H,5-6,11,14H2,1-4H3,(H,25,27)(H,26,28). The first-order chi connectivity index (χ1) is 16.3. The van der Waals surface area contributed by atoms with E-state index in [9.17, 15) is 19.2 Å². The Morgan fingerprint density at radius 3 is 2.09 bits per heavy atom. The lowest BCUT2D eigenvalue weighted by molar-refractivity contribution is -0.119. The van der Waals surface area contributed by atoms with Crippen LogP contribution in [-0.2, 0) is 19.1 Å². The van der Waals surface area contributed by atoms with Crippen LogP contribution in [0.25, 0.3) is 0 Å². The van der Waals surface area contributed by atoms with E-state index >= 15 is 0 Å². The number of rotatable bonds is 11. The monoisotopic (exact) mass is 472 g/mol. The van der Waals surface area contributed by atoms with Gasteiger partial charge in [0.1, 0.15) is 0 Å². The average Bonchev–Trinajstić information content (AvgIpc) is 2.82. The normalized spacial score (nSPS) is 10.1. The van der Waals surface area contributed by atoms with Gasteiger partial charge < -0.3 is 29.6 Å². The van der Waals surface area contributed by atoms with Crippen LogP contribution in [0.5, 0.6) is 11.5 Å². The van der Waals surface area contributed by atoms with Crippen LogP contribution in [0.2, 0.25) is 0 Å². The Kier molecular flexibility index (Phi) is 9.88. The van der Waals surface area contributed by atoms with Crippen molar-refractivity contribution in [3.8, 4) is 11.5 Å². The number of ether oxygens (including phenoxy) is 4. The molecule has 0 unspecified atom stereocenters. The number of esters is 2. The van der Waals surface area contributed by atoms with Crippen LogP contribution in [0.15, 0.2) is 36.4 Å². The van der Waals surface area contributed by atoms with Gasteiger partial charge in [0.15, 0.2) is 18.1 Å². The fourth-order valence-corrected chi connectivity index (χ4v) is 2.83. The molecule has 0 saturated carbocycles. The van der Waals surface area contributed by atoms with Gasteiger partial charge in [-0.1, -0.05) is 13.3 Å². The SMILES string of the molecule is CCCCOC(=O)c1ccc(NC(=O)COC(=O)c2cc(OC)c(OC)cc2NC(C)=O)cc1. The highest BCUT2D eigenvalue weighted by atomic mass is 16.5. The van der Waals surface area contributed by atoms with Crippen LogP contribution in [0.3, 0.4) is 0 Å². The number of hydrogen-bond donors (Lipinski definition) is 2. The number of unbranched alkanes of at least 4 members (excludes halogenated alkanes) is 1. The lowest BCUT2D eigenvalue weighted by Gasteiger charge is -2.14. The third kappa shape index (κ3) is 7.51. The van der Waals surface area contributed by atoms with E-state index in [1.165, 1.54) is 45.4 Å². The van der Waals surface area contributed by atoms with Crippen LogP contribution in [0.1, 0.15) is 47.4 Å². The largest absolute Gasteiger partial charge is 0.493 e. The maximum atomic E-state index is 12.6. The molecule has 0 aliphatic carbocycles. The highest BCUT2D eigenvalue weighted by molar-refractivity contribution is 6.03. The molecule has 182 valence electrons. The van der Waals surface area contributed by atoms with E-state index in [4.69, 9.17) is 18.9 Å². The van der Waals surface area contributed by atoms with Gasteiger partial charge in [0.05, 0.1) is 37.6 Å². The molecule has 2 amide bonds. The summed E-state index contributed by atoms with van der Waals surface area (Å²) in [7, 11) is 2.81. The molecule has 34 heavy (non-hydrogen) atoms. The lowest BCUT2D eigenvalue weighted by Crippen LogP contribution is -2.22. The molecular formula is C24H28N2O8. The number of methoxy groups -OCH3 is 2. The maximum Gasteiger partial charge on any atom is 0.340 e. The first-order valence-corrected chi connectivity index (χ1v) is 10.6. The van der Waals surface area contributed by atoms with Crippen molar-refractivity contribution in [2.45, 2.75) is 26.7 Å². The fourth-order valence-electron chi connectivity index (χ4n) is 2.83. The zero-order chi connectivity index (χ0) is 25.1. The second-order valence-corrected chi connectivity index (χ2v) is 7.13. The zero-order valence-electron chi connectivity index (χ0n) is 19.6. The van der Waals surface area contributed by atoms with Gasteiger partial charge in [-0.05, 0) is 30.7 Å². The van der Waals surface area contributed by atoms with Crippen molar-refractivity contribution in [1.82, 2.24) is 0 Å². The van der Waals surface area contributed by atoms with Crippen LogP contribution in [0, 0.1) is 0 Å². The summed E-state index contributed by atoms with van der Waals surface area (Å²) < 4.78 is 20.6. The van der Waals surface area contributed by atoms with E-state index in [0.717, 1.165) is 12.8 Å². The first-order valence-electron chi connectivity index (χ1n) is 10.6. The summed E-state index contributed by atoms with van der Waals surface area (Å²) in [6.07, 6.45) is 1.71. The molecule has 0 heterocycles. The predicted octanol–water partition coefficient (Wildman–Crippen LogP) is 3.41. The van der Waals surface area contributed by atoms with Crippen molar-refractivity contribution in [2.75, 3.05) is 38.1 Å². The number of hydrogen-bond acceptors (Lipinski definition) is 8. The smallest absolute Gasteiger partial charge is 0.340 e. The topological polar surface area (TPSA) is 129 Å². The molecule has 0 aromatic heterocycles. The molecule has 2 aromatic carbocycles. The molecule has 0 bridgehead atoms. The van der Waals surface area contributed by atoms with Gasteiger partial charge in [-0.2, -0.15) is 0 Å². The van der Waals surface area contributed by atoms with E-state index in [1.807, 2.05) is 6.92 Å². The van der Waals surface area contributed by atoms with Gasteiger partial charge in [0.25, 0.3) is 5.91 Å². The number of nitrogens with one attached hydrogen (secondary N) is 2. The summed E-state index contributed by atoms with van der Waals surface area (Å²) in [5.41, 5.74) is 0.916. The number of carbonyl (C=O) groups excluding carboxylic acids is 4. The number of anilines is 2. The van der Waals surface area contributed by atoms with Crippen molar-refractivity contribution < 1.29 is 38.1 Å². The van der Waals surface area contributed by atoms with Gasteiger partial charge in [0, 0.05) is 24.7 Å². The lowest BCUT2D eigenvalue weighted by atomic mass is 10.1. The highest BCUT2D eigenvalue weighted by Crippen LogP contribution is 2.33. The number of benzene rings is 2. The van der Waals surface area contributed by atoms with Crippen LogP contribution in [-0.4, -0.2) is 51.2 Å². The van der Waals surface area contributed by atoms with E-state index < -0.39 is 30.4 Å². The summed E-state index contributed by atoms with van der Waals surface area (Å²) in [5, 5.41) is 5.10. The van der Waals surface area contributed by atoms with E-state index in [2.05, 4.69) is 10.6 Å². The maximum absolute atomic E-state index is 12.6. The molecule has 0 fully saturated rings. The number of carbonyl (C=O) groups is 4. The summed E-state index contributed by atoms with van der Waals surface area (Å²) in [6.45, 7) is 3.06. The zero-order valence-corrected chi connectivity index (χ0v) is 19.6. The van der Waals surface area contributed by atoms with Crippen LogP contribution < -0.4 is 20.1 Å². The van der Waals surface area contributed by atoms with Crippen molar-refractivity contribution in [3.05, 3.63) is 47.5 Å². The average molecular weight is 472 g/mol. The predicted molar refractivity (Wildman–Crippen MR) is 124 cm³/mol. The van der Waals surface area contributed by atoms with E-state index in [-0.39, 0.29) is 17.0 Å². The molecular weight excluding hydrogens is 444 g/mol. The minimum Gasteiger partial charge on any atom is -0.493 e. The van der Waals surface area contributed by atoms with Gasteiger partial charge >= 0.3 is 11.9 Å². The Morgan fingerprint density at radius 2 is 1.50 bits per heavy atom. The Bertz CT molecular complexity index is 1030. The quantitative estimate of drug-likeness (QED) is 0.376. The van der Waals surface area contributed by atoms with Crippen molar-refractivity contribution in [2.24, 2.45) is 0 Å². The van der Waals surface area contributed by atoms with Crippen molar-refractivity contribution >= 4 is 35.1 Å². The Morgan fingerprint density at radius 1 is 0.853 bits per heavy atom. The molecule has 0 spiro atoms. The second kappa shape index (κ2) is 12.8. The van der Waals surface area contributed by atoms with E-state index in [1.54, 1.807) is 12.1 Å². The van der Waals surface area contributed by atoms with Crippen LogP contribution in [0.4, 0.5) is 11.4 Å². The minimum absolute atomic E-state index is 0.00779. The van der Waals surface area contributed by atoms with Gasteiger partial charge in [-0.15, -0.1) is 0 Å². The van der Waals surface area contributed by atoms with Gasteiger partial charge in [0.2, 0.25) is 5.91 Å². The van der Waals surface area contributed by atoms with Crippen LogP contribution >= 0.6 is 0 Å². The third-order valence-corrected chi connectivity index (χ3v) is 4.52. The van der Waals surface area contributed by atoms with Crippen molar-refractivity contribution in [3.63, 3.8) is 0 Å². The van der Waals surface area contributed by atoms with Gasteiger partial charge in [-0.3, -0.25) is 9.59 Å². The summed E-state index contributed by atoms with van der Waals surface area (Å²) in [6, 6.07) is 8.91. The summed E-state index contributed by atoms with van der Waals surface area (Å²) in [4.78, 5) is 48.3. The van der Waals surface area contributed by atoms with Gasteiger partial charge in [-0.25, -0.2) is 9.59 Å². The fraction of sp³-hybridized carbons (Fsp3) is 0.333. The number of amides is 2. The minimum atomic E-state index is -0.843. The summed E-state index contributed by atoms with van der Waals surface area (Å²) in [5.74, 6) is -1.72. The first kappa shape index (κ1) is 26.2. The third-order valence-electron chi connectivity index (χ3n) is 4.52. The summed E-state index contributed by atoms with van der Waals surface area (Å²) >= 11 is 0. The molecule has 10 nitrogen and oxygen atoms in total. The Labute approximate surface area is 197 Å². The molecule has 0 atom stereocenters.